The molecule has 0 bridgehead atoms. The molecule has 1 fully saturated rings. The molecular formula is C11H21N3O3S. The molecule has 18 heavy (non-hydrogen) atoms. The van der Waals surface area contributed by atoms with Gasteiger partial charge in [-0.05, 0) is 12.2 Å². The number of ether oxygens (including phenoxy) is 1. The zero-order valence-electron chi connectivity index (χ0n) is 10.7. The van der Waals surface area contributed by atoms with Crippen molar-refractivity contribution in [3.63, 3.8) is 0 Å². The second-order valence-corrected chi connectivity index (χ2v) is 5.23. The van der Waals surface area contributed by atoms with Crippen LogP contribution in [0.4, 0.5) is 0 Å². The summed E-state index contributed by atoms with van der Waals surface area (Å²) in [6, 6.07) is 0.257. The number of nitrogens with one attached hydrogen (secondary N) is 1. The second kappa shape index (κ2) is 8.34. The summed E-state index contributed by atoms with van der Waals surface area (Å²) in [4.78, 5) is 24.9. The van der Waals surface area contributed by atoms with Gasteiger partial charge in [-0.3, -0.25) is 9.59 Å². The Hall–Kier alpha value is -0.790. The zero-order chi connectivity index (χ0) is 13.4. The Balaban J connectivity index is 2.46. The van der Waals surface area contributed by atoms with Crippen molar-refractivity contribution in [2.75, 3.05) is 44.9 Å². The molecule has 1 atom stereocenters. The number of nitrogens with zero attached hydrogens (tertiary/aromatic N) is 1. The van der Waals surface area contributed by atoms with Crippen LogP contribution in [0, 0.1) is 0 Å². The monoisotopic (exact) mass is 275 g/mol. The fourth-order valence-corrected chi connectivity index (χ4v) is 3.04. The Morgan fingerprint density at radius 2 is 2.33 bits per heavy atom. The van der Waals surface area contributed by atoms with E-state index in [9.17, 15) is 9.59 Å². The lowest BCUT2D eigenvalue weighted by atomic mass is 10.2. The summed E-state index contributed by atoms with van der Waals surface area (Å²) in [5, 5.41) is 2.51. The third-order valence-electron chi connectivity index (χ3n) is 2.83. The van der Waals surface area contributed by atoms with Crippen molar-refractivity contribution < 1.29 is 14.3 Å². The maximum Gasteiger partial charge on any atom is 0.242 e. The highest BCUT2D eigenvalue weighted by atomic mass is 32.2. The molecule has 0 aromatic carbocycles. The Kier molecular flexibility index (Phi) is 7.07. The average Bonchev–Trinajstić information content (AvgIpc) is 2.90. The number of amides is 2. The Morgan fingerprint density at radius 3 is 2.89 bits per heavy atom. The molecule has 0 aromatic heterocycles. The lowest BCUT2D eigenvalue weighted by molar-refractivity contribution is -0.134. The summed E-state index contributed by atoms with van der Waals surface area (Å²) >= 11 is 1.85. The SMILES string of the molecule is COCCN(C(=O)CNC(=O)CN)C1CCSC1. The smallest absolute Gasteiger partial charge is 0.242 e. The largest absolute Gasteiger partial charge is 0.383 e. The van der Waals surface area contributed by atoms with E-state index in [1.165, 1.54) is 0 Å². The molecule has 104 valence electrons. The van der Waals surface area contributed by atoms with Crippen LogP contribution in [-0.4, -0.2) is 67.6 Å². The molecule has 1 aliphatic heterocycles. The predicted octanol–water partition coefficient (Wildman–Crippen LogP) is -0.958. The molecule has 1 unspecified atom stereocenters. The van der Waals surface area contributed by atoms with Gasteiger partial charge in [-0.2, -0.15) is 11.8 Å². The van der Waals surface area contributed by atoms with Gasteiger partial charge >= 0.3 is 0 Å². The van der Waals surface area contributed by atoms with Gasteiger partial charge in [0.2, 0.25) is 11.8 Å². The van der Waals surface area contributed by atoms with Crippen LogP contribution in [0.5, 0.6) is 0 Å². The number of carbonyl (C=O) groups excluding carboxylic acids is 2. The van der Waals surface area contributed by atoms with Crippen LogP contribution in [0.15, 0.2) is 0 Å². The topological polar surface area (TPSA) is 84.7 Å². The molecule has 0 spiro atoms. The molecule has 7 heteroatoms. The molecule has 1 heterocycles. The van der Waals surface area contributed by atoms with Gasteiger partial charge in [0.1, 0.15) is 0 Å². The zero-order valence-corrected chi connectivity index (χ0v) is 11.5. The average molecular weight is 275 g/mol. The fourth-order valence-electron chi connectivity index (χ4n) is 1.82. The molecule has 6 nitrogen and oxygen atoms in total. The summed E-state index contributed by atoms with van der Waals surface area (Å²) < 4.78 is 5.02. The van der Waals surface area contributed by atoms with E-state index in [4.69, 9.17) is 10.5 Å². The number of rotatable bonds is 7. The summed E-state index contributed by atoms with van der Waals surface area (Å²) in [6.07, 6.45) is 1.00. The highest BCUT2D eigenvalue weighted by Crippen LogP contribution is 2.22. The van der Waals surface area contributed by atoms with E-state index in [0.717, 1.165) is 17.9 Å². The van der Waals surface area contributed by atoms with Gasteiger partial charge in [0.15, 0.2) is 0 Å². The third kappa shape index (κ3) is 4.83. The van der Waals surface area contributed by atoms with Crippen molar-refractivity contribution >= 4 is 23.6 Å². The molecule has 1 saturated heterocycles. The Morgan fingerprint density at radius 1 is 1.56 bits per heavy atom. The summed E-state index contributed by atoms with van der Waals surface area (Å²) in [6.45, 7) is 1.00. The number of hydrogen-bond acceptors (Lipinski definition) is 5. The molecule has 1 aliphatic rings. The standard InChI is InChI=1S/C11H21N3O3S/c1-17-4-3-14(9-2-5-18-8-9)11(16)7-13-10(15)6-12/h9H,2-8,12H2,1H3,(H,13,15). The quantitative estimate of drug-likeness (QED) is 0.625. The van der Waals surface area contributed by atoms with E-state index < -0.39 is 0 Å². The van der Waals surface area contributed by atoms with Gasteiger partial charge in [0.05, 0.1) is 19.7 Å². The van der Waals surface area contributed by atoms with E-state index in [2.05, 4.69) is 5.32 Å². The molecule has 3 N–H and O–H groups in total. The van der Waals surface area contributed by atoms with Crippen molar-refractivity contribution in [3.8, 4) is 0 Å². The van der Waals surface area contributed by atoms with Crippen LogP contribution in [-0.2, 0) is 14.3 Å². The normalized spacial score (nSPS) is 18.7. The first-order chi connectivity index (χ1) is 8.69. The molecular weight excluding hydrogens is 254 g/mol. The third-order valence-corrected chi connectivity index (χ3v) is 3.97. The van der Waals surface area contributed by atoms with E-state index in [-0.39, 0.29) is 30.9 Å². The lowest BCUT2D eigenvalue weighted by Gasteiger charge is -2.28. The van der Waals surface area contributed by atoms with Gasteiger partial charge in [-0.15, -0.1) is 0 Å². The minimum Gasteiger partial charge on any atom is -0.383 e. The first kappa shape index (κ1) is 15.3. The van der Waals surface area contributed by atoms with E-state index >= 15 is 0 Å². The van der Waals surface area contributed by atoms with Crippen molar-refractivity contribution in [3.05, 3.63) is 0 Å². The summed E-state index contributed by atoms with van der Waals surface area (Å²) in [5.74, 6) is 1.66. The van der Waals surface area contributed by atoms with Crippen LogP contribution in [0.2, 0.25) is 0 Å². The highest BCUT2D eigenvalue weighted by Gasteiger charge is 2.26. The van der Waals surface area contributed by atoms with Crippen LogP contribution in [0.3, 0.4) is 0 Å². The molecule has 0 radical (unpaired) electrons. The van der Waals surface area contributed by atoms with Crippen LogP contribution < -0.4 is 11.1 Å². The van der Waals surface area contributed by atoms with Gasteiger partial charge in [-0.1, -0.05) is 0 Å². The van der Waals surface area contributed by atoms with E-state index in [1.807, 2.05) is 11.8 Å². The van der Waals surface area contributed by atoms with Gasteiger partial charge in [0.25, 0.3) is 0 Å². The lowest BCUT2D eigenvalue weighted by Crippen LogP contribution is -2.47. The van der Waals surface area contributed by atoms with Crippen molar-refractivity contribution in [1.82, 2.24) is 10.2 Å². The first-order valence-electron chi connectivity index (χ1n) is 6.02. The van der Waals surface area contributed by atoms with Crippen molar-refractivity contribution in [2.24, 2.45) is 5.73 Å². The Bertz CT molecular complexity index is 283. The molecule has 1 rings (SSSR count). The maximum absolute atomic E-state index is 12.1. The maximum atomic E-state index is 12.1. The minimum absolute atomic E-state index is 0.0148. The Labute approximate surface area is 112 Å². The highest BCUT2D eigenvalue weighted by molar-refractivity contribution is 7.99. The van der Waals surface area contributed by atoms with Gasteiger partial charge in [0, 0.05) is 25.4 Å². The van der Waals surface area contributed by atoms with E-state index in [0.29, 0.717) is 13.2 Å². The number of thioether (sulfide) groups is 1. The number of nitrogens with two attached hydrogens (primary N) is 1. The van der Waals surface area contributed by atoms with Crippen LogP contribution >= 0.6 is 11.8 Å². The summed E-state index contributed by atoms with van der Waals surface area (Å²) in [7, 11) is 1.61. The van der Waals surface area contributed by atoms with Gasteiger partial charge < -0.3 is 20.7 Å². The number of hydrogen-bond donors (Lipinski definition) is 2. The van der Waals surface area contributed by atoms with Crippen molar-refractivity contribution in [2.45, 2.75) is 12.5 Å². The minimum atomic E-state index is -0.309. The predicted molar refractivity (Wildman–Crippen MR) is 71.4 cm³/mol. The molecule has 0 aromatic rings. The molecule has 2 amide bonds. The van der Waals surface area contributed by atoms with E-state index in [1.54, 1.807) is 12.0 Å². The van der Waals surface area contributed by atoms with Gasteiger partial charge in [-0.25, -0.2) is 0 Å². The fraction of sp³-hybridized carbons (Fsp3) is 0.818. The second-order valence-electron chi connectivity index (χ2n) is 4.08. The summed E-state index contributed by atoms with van der Waals surface area (Å²) in [5.41, 5.74) is 5.18. The molecule has 0 saturated carbocycles. The first-order valence-corrected chi connectivity index (χ1v) is 7.17. The number of methoxy groups -OCH3 is 1. The van der Waals surface area contributed by atoms with Crippen LogP contribution in [0.1, 0.15) is 6.42 Å². The van der Waals surface area contributed by atoms with Crippen LogP contribution in [0.25, 0.3) is 0 Å². The number of carbonyl (C=O) groups is 2. The van der Waals surface area contributed by atoms with Crippen molar-refractivity contribution in [1.29, 1.82) is 0 Å². The molecule has 0 aliphatic carbocycles.